The van der Waals surface area contributed by atoms with Gasteiger partial charge in [-0.1, -0.05) is 43.3 Å². The first kappa shape index (κ1) is 33.7. The van der Waals surface area contributed by atoms with Crippen molar-refractivity contribution in [2.24, 2.45) is 0 Å². The van der Waals surface area contributed by atoms with Gasteiger partial charge in [0.25, 0.3) is 17.7 Å². The number of benzene rings is 3. The summed E-state index contributed by atoms with van der Waals surface area (Å²) < 4.78 is 17.3. The molecule has 3 aromatic carbocycles. The molecule has 3 aliphatic rings. The molecule has 0 spiro atoms. The summed E-state index contributed by atoms with van der Waals surface area (Å²) in [6.07, 6.45) is 4.89. The van der Waals surface area contributed by atoms with Crippen molar-refractivity contribution in [3.05, 3.63) is 107 Å². The largest absolute Gasteiger partial charge is 0.490 e. The van der Waals surface area contributed by atoms with Crippen LogP contribution in [0.25, 0.3) is 11.7 Å². The average Bonchev–Trinajstić information content (AvgIpc) is 3.68. The van der Waals surface area contributed by atoms with E-state index in [-0.39, 0.29) is 47.4 Å². The lowest BCUT2D eigenvalue weighted by atomic mass is 9.78. The monoisotopic (exact) mass is 713 g/mol. The van der Waals surface area contributed by atoms with Gasteiger partial charge in [-0.05, 0) is 66.9 Å². The molecule has 1 saturated heterocycles. The SMILES string of the molecule is Cc1noc(-c2ncc(Oc3ccc(C(C)(C)c4ccc(O[C@H]5C[C@@H](Nc6ccc7c(c6)C(=O)N(C6CCC(=O)NC6=O)C7=O)C5)cc4)cc3)cn2)n1. The first-order valence-electron chi connectivity index (χ1n) is 17.3. The number of piperidine rings is 1. The fraction of sp³-hybridized carbons (Fsp3) is 0.282. The number of rotatable bonds is 10. The van der Waals surface area contributed by atoms with Crippen LogP contribution in [0.2, 0.25) is 0 Å². The third-order valence-electron chi connectivity index (χ3n) is 9.94. The number of fused-ring (bicyclic) bond motifs is 1. The fourth-order valence-electron chi connectivity index (χ4n) is 6.83. The highest BCUT2D eigenvalue weighted by Crippen LogP contribution is 2.36. The highest BCUT2D eigenvalue weighted by Gasteiger charge is 2.45. The maximum absolute atomic E-state index is 13.2. The van der Waals surface area contributed by atoms with Gasteiger partial charge in [-0.15, -0.1) is 0 Å². The van der Waals surface area contributed by atoms with E-state index in [2.05, 4.69) is 56.7 Å². The first-order chi connectivity index (χ1) is 25.5. The van der Waals surface area contributed by atoms with Crippen molar-refractivity contribution in [2.45, 2.75) is 70.1 Å². The second kappa shape index (κ2) is 13.3. The van der Waals surface area contributed by atoms with Gasteiger partial charge in [0.2, 0.25) is 17.6 Å². The third-order valence-corrected chi connectivity index (χ3v) is 9.94. The van der Waals surface area contributed by atoms with E-state index in [0.717, 1.165) is 34.6 Å². The second-order valence-corrected chi connectivity index (χ2v) is 13.9. The molecular weight excluding hydrogens is 678 g/mol. The predicted molar refractivity (Wildman–Crippen MR) is 189 cm³/mol. The van der Waals surface area contributed by atoms with Crippen LogP contribution < -0.4 is 20.1 Å². The number of anilines is 1. The fourth-order valence-corrected chi connectivity index (χ4v) is 6.83. The van der Waals surface area contributed by atoms with Gasteiger partial charge in [0, 0.05) is 36.4 Å². The van der Waals surface area contributed by atoms with Crippen LogP contribution in [0.5, 0.6) is 17.2 Å². The molecule has 2 fully saturated rings. The van der Waals surface area contributed by atoms with E-state index in [1.807, 2.05) is 36.4 Å². The molecule has 2 aromatic heterocycles. The third kappa shape index (κ3) is 6.59. The molecular formula is C39H35N7O7. The summed E-state index contributed by atoms with van der Waals surface area (Å²) in [5.74, 6) is 0.938. The maximum atomic E-state index is 13.2. The second-order valence-electron chi connectivity index (χ2n) is 13.9. The molecule has 8 rings (SSSR count). The Kier molecular flexibility index (Phi) is 8.44. The Bertz CT molecular complexity index is 2230. The summed E-state index contributed by atoms with van der Waals surface area (Å²) in [4.78, 5) is 63.7. The number of carbonyl (C=O) groups excluding carboxylic acids is 4. The zero-order valence-electron chi connectivity index (χ0n) is 29.2. The lowest BCUT2D eigenvalue weighted by Crippen LogP contribution is -2.54. The van der Waals surface area contributed by atoms with Crippen molar-refractivity contribution in [3.8, 4) is 29.0 Å². The van der Waals surface area contributed by atoms with Crippen LogP contribution in [0.4, 0.5) is 5.69 Å². The molecule has 14 heteroatoms. The smallest absolute Gasteiger partial charge is 0.295 e. The quantitative estimate of drug-likeness (QED) is 0.177. The van der Waals surface area contributed by atoms with Gasteiger partial charge < -0.3 is 19.3 Å². The van der Waals surface area contributed by atoms with Crippen LogP contribution in [0, 0.1) is 6.92 Å². The molecule has 0 radical (unpaired) electrons. The number of imide groups is 2. The van der Waals surface area contributed by atoms with E-state index in [4.69, 9.17) is 14.0 Å². The van der Waals surface area contributed by atoms with Crippen molar-refractivity contribution in [1.29, 1.82) is 0 Å². The standard InChI is InChI=1S/C39H35N7O7/c1-21-42-36(53-45-21)34-40-19-29(20-41-34)52-27-11-6-23(7-12-27)39(2,3)22-4-9-26(10-5-22)51-28-16-25(17-28)43-24-8-13-30-31(18-24)38(50)46(37(30)49)32-14-15-33(47)44-35(32)48/h4-13,18-20,25,28,32,43H,14-17H2,1-3H3,(H,44,47,48)/t25-,28+,32?. The molecule has 268 valence electrons. The molecule has 4 heterocycles. The summed E-state index contributed by atoms with van der Waals surface area (Å²) in [7, 11) is 0. The minimum atomic E-state index is -0.991. The molecule has 4 amide bonds. The molecule has 1 saturated carbocycles. The Morgan fingerprint density at radius 3 is 2.15 bits per heavy atom. The Balaban J connectivity index is 0.829. The minimum absolute atomic E-state index is 0.0316. The number of carbonyl (C=O) groups is 4. The van der Waals surface area contributed by atoms with Crippen LogP contribution in [0.1, 0.15) is 77.2 Å². The van der Waals surface area contributed by atoms with Crippen LogP contribution >= 0.6 is 0 Å². The van der Waals surface area contributed by atoms with Gasteiger partial charge in [0.1, 0.15) is 23.6 Å². The predicted octanol–water partition coefficient (Wildman–Crippen LogP) is 5.38. The number of nitrogens with one attached hydrogen (secondary N) is 2. The first-order valence-corrected chi connectivity index (χ1v) is 17.3. The maximum Gasteiger partial charge on any atom is 0.295 e. The lowest BCUT2D eigenvalue weighted by Gasteiger charge is -2.36. The van der Waals surface area contributed by atoms with Gasteiger partial charge >= 0.3 is 0 Å². The number of nitrogens with zero attached hydrogens (tertiary/aromatic N) is 5. The topological polar surface area (TPSA) is 179 Å². The van der Waals surface area contributed by atoms with Gasteiger partial charge in [-0.2, -0.15) is 4.98 Å². The Morgan fingerprint density at radius 2 is 1.51 bits per heavy atom. The molecule has 1 aliphatic carbocycles. The van der Waals surface area contributed by atoms with Gasteiger partial charge in [-0.3, -0.25) is 29.4 Å². The summed E-state index contributed by atoms with van der Waals surface area (Å²) in [6.45, 7) is 6.06. The van der Waals surface area contributed by atoms with Crippen molar-refractivity contribution < 1.29 is 33.2 Å². The Hall–Kier alpha value is -6.44. The van der Waals surface area contributed by atoms with Gasteiger partial charge in [-0.25, -0.2) is 9.97 Å². The van der Waals surface area contributed by atoms with Crippen molar-refractivity contribution in [2.75, 3.05) is 5.32 Å². The lowest BCUT2D eigenvalue weighted by molar-refractivity contribution is -0.136. The van der Waals surface area contributed by atoms with Gasteiger partial charge in [0.05, 0.1) is 23.5 Å². The summed E-state index contributed by atoms with van der Waals surface area (Å²) in [5.41, 5.74) is 3.18. The highest BCUT2D eigenvalue weighted by atomic mass is 16.5. The zero-order chi connectivity index (χ0) is 36.9. The normalized spacial score (nSPS) is 19.8. The molecule has 5 aromatic rings. The number of aromatic nitrogens is 4. The molecule has 0 bridgehead atoms. The zero-order valence-corrected chi connectivity index (χ0v) is 29.2. The van der Waals surface area contributed by atoms with E-state index in [0.29, 0.717) is 28.8 Å². The molecule has 53 heavy (non-hydrogen) atoms. The van der Waals surface area contributed by atoms with Crippen LogP contribution in [0.3, 0.4) is 0 Å². The van der Waals surface area contributed by atoms with E-state index in [1.165, 1.54) is 0 Å². The summed E-state index contributed by atoms with van der Waals surface area (Å²) in [5, 5.41) is 9.41. The number of hydrogen-bond donors (Lipinski definition) is 2. The van der Waals surface area contributed by atoms with E-state index in [9.17, 15) is 19.2 Å². The molecule has 1 atom stereocenters. The van der Waals surface area contributed by atoms with E-state index >= 15 is 0 Å². The van der Waals surface area contributed by atoms with Crippen LogP contribution in [0.15, 0.2) is 83.6 Å². The van der Waals surface area contributed by atoms with Crippen molar-refractivity contribution in [1.82, 2.24) is 30.3 Å². The molecule has 14 nitrogen and oxygen atoms in total. The van der Waals surface area contributed by atoms with Crippen molar-refractivity contribution in [3.63, 3.8) is 0 Å². The number of aryl methyl sites for hydroxylation is 1. The van der Waals surface area contributed by atoms with Gasteiger partial charge in [0.15, 0.2) is 11.6 Å². The molecule has 2 aliphatic heterocycles. The Labute approximate surface area is 303 Å². The average molecular weight is 714 g/mol. The number of ether oxygens (including phenoxy) is 2. The van der Waals surface area contributed by atoms with E-state index < -0.39 is 29.7 Å². The molecule has 1 unspecified atom stereocenters. The highest BCUT2D eigenvalue weighted by molar-refractivity contribution is 6.23. The van der Waals surface area contributed by atoms with Crippen LogP contribution in [-0.4, -0.2) is 66.8 Å². The number of amides is 4. The molecule has 2 N–H and O–H groups in total. The van der Waals surface area contributed by atoms with Crippen molar-refractivity contribution >= 4 is 29.3 Å². The summed E-state index contributed by atoms with van der Waals surface area (Å²) in [6, 6.07) is 20.2. The van der Waals surface area contributed by atoms with Crippen LogP contribution in [-0.2, 0) is 15.0 Å². The minimum Gasteiger partial charge on any atom is -0.490 e. The van der Waals surface area contributed by atoms with E-state index in [1.54, 1.807) is 37.5 Å². The summed E-state index contributed by atoms with van der Waals surface area (Å²) >= 11 is 0. The number of hydrogen-bond acceptors (Lipinski definition) is 12. The Morgan fingerprint density at radius 1 is 0.849 bits per heavy atom.